The molecule has 0 radical (unpaired) electrons. The summed E-state index contributed by atoms with van der Waals surface area (Å²) in [5, 5.41) is 19.1. The number of hydrogen-bond acceptors (Lipinski definition) is 4. The van der Waals surface area contributed by atoms with Gasteiger partial charge in [0.1, 0.15) is 6.07 Å². The van der Waals surface area contributed by atoms with Crippen molar-refractivity contribution >= 4 is 5.69 Å². The molecule has 2 rings (SSSR count). The van der Waals surface area contributed by atoms with E-state index in [0.29, 0.717) is 12.2 Å². The van der Waals surface area contributed by atoms with Crippen LogP contribution in [-0.2, 0) is 0 Å². The Kier molecular flexibility index (Phi) is 2.80. The van der Waals surface area contributed by atoms with E-state index >= 15 is 0 Å². The van der Waals surface area contributed by atoms with Gasteiger partial charge in [0.05, 0.1) is 11.3 Å². The van der Waals surface area contributed by atoms with Crippen molar-refractivity contribution in [3.8, 4) is 6.07 Å². The van der Waals surface area contributed by atoms with Gasteiger partial charge < -0.3 is 10.0 Å². The molecule has 1 fully saturated rings. The van der Waals surface area contributed by atoms with Crippen molar-refractivity contribution in [3.63, 3.8) is 0 Å². The fourth-order valence-electron chi connectivity index (χ4n) is 2.09. The van der Waals surface area contributed by atoms with E-state index in [2.05, 4.69) is 11.1 Å². The Labute approximate surface area is 95.1 Å². The maximum absolute atomic E-state index is 10.2. The van der Waals surface area contributed by atoms with E-state index in [-0.39, 0.29) is 0 Å². The third-order valence-corrected chi connectivity index (χ3v) is 3.22. The number of nitrogens with zero attached hydrogens (tertiary/aromatic N) is 3. The lowest BCUT2D eigenvalue weighted by atomic mass is 10.0. The Bertz CT molecular complexity index is 427. The highest BCUT2D eigenvalue weighted by Crippen LogP contribution is 2.29. The molecule has 0 amide bonds. The SMILES string of the molecule is CC[C@]1(O)CCN(c2cccnc2C#N)C1. The minimum Gasteiger partial charge on any atom is -0.388 e. The van der Waals surface area contributed by atoms with Crippen LogP contribution in [0, 0.1) is 11.3 Å². The highest BCUT2D eigenvalue weighted by atomic mass is 16.3. The van der Waals surface area contributed by atoms with Gasteiger partial charge in [0.15, 0.2) is 5.69 Å². The van der Waals surface area contributed by atoms with E-state index in [1.54, 1.807) is 6.20 Å². The summed E-state index contributed by atoms with van der Waals surface area (Å²) in [6.45, 7) is 3.35. The summed E-state index contributed by atoms with van der Waals surface area (Å²) < 4.78 is 0. The summed E-state index contributed by atoms with van der Waals surface area (Å²) in [4.78, 5) is 6.07. The second-order valence-electron chi connectivity index (χ2n) is 4.23. The zero-order chi connectivity index (χ0) is 11.6. The Morgan fingerprint density at radius 1 is 1.69 bits per heavy atom. The molecule has 1 atom stereocenters. The first-order chi connectivity index (χ1) is 7.68. The summed E-state index contributed by atoms with van der Waals surface area (Å²) in [7, 11) is 0. The maximum Gasteiger partial charge on any atom is 0.163 e. The van der Waals surface area contributed by atoms with E-state index in [1.165, 1.54) is 0 Å². The average molecular weight is 217 g/mol. The summed E-state index contributed by atoms with van der Waals surface area (Å²) in [5.74, 6) is 0. The molecular formula is C12H15N3O. The monoisotopic (exact) mass is 217 g/mol. The van der Waals surface area contributed by atoms with Gasteiger partial charge >= 0.3 is 0 Å². The van der Waals surface area contributed by atoms with Gasteiger partial charge in [-0.3, -0.25) is 0 Å². The number of aliphatic hydroxyl groups is 1. The largest absolute Gasteiger partial charge is 0.388 e. The highest BCUT2D eigenvalue weighted by molar-refractivity contribution is 5.56. The molecule has 1 saturated heterocycles. The van der Waals surface area contributed by atoms with Gasteiger partial charge in [0, 0.05) is 19.3 Å². The molecule has 1 aliphatic rings. The van der Waals surface area contributed by atoms with Crippen molar-refractivity contribution in [1.82, 2.24) is 4.98 Å². The number of nitriles is 1. The van der Waals surface area contributed by atoms with Crippen LogP contribution in [-0.4, -0.2) is 28.8 Å². The molecule has 1 aliphatic heterocycles. The molecule has 0 spiro atoms. The number of β-amino-alcohol motifs (C(OH)–C–C–N with tert-alkyl or cyclic N) is 1. The average Bonchev–Trinajstić information content (AvgIpc) is 2.73. The molecular weight excluding hydrogens is 202 g/mol. The maximum atomic E-state index is 10.2. The molecule has 1 N–H and O–H groups in total. The summed E-state index contributed by atoms with van der Waals surface area (Å²) in [6, 6.07) is 5.78. The van der Waals surface area contributed by atoms with E-state index in [1.807, 2.05) is 24.0 Å². The van der Waals surface area contributed by atoms with Gasteiger partial charge in [-0.2, -0.15) is 5.26 Å². The Morgan fingerprint density at radius 2 is 2.50 bits per heavy atom. The van der Waals surface area contributed by atoms with Crippen molar-refractivity contribution in [1.29, 1.82) is 5.26 Å². The third-order valence-electron chi connectivity index (χ3n) is 3.22. The van der Waals surface area contributed by atoms with Crippen LogP contribution >= 0.6 is 0 Å². The van der Waals surface area contributed by atoms with Gasteiger partial charge in [-0.15, -0.1) is 0 Å². The van der Waals surface area contributed by atoms with Crippen molar-refractivity contribution in [2.45, 2.75) is 25.4 Å². The second kappa shape index (κ2) is 4.11. The van der Waals surface area contributed by atoms with Crippen LogP contribution in [0.2, 0.25) is 0 Å². The standard InChI is InChI=1S/C12H15N3O/c1-2-12(16)5-7-15(9-12)11-4-3-6-14-10(11)8-13/h3-4,6,16H,2,5,7,9H2,1H3/t12-/m0/s1. The lowest BCUT2D eigenvalue weighted by Crippen LogP contribution is -2.32. The Morgan fingerprint density at radius 3 is 3.12 bits per heavy atom. The predicted molar refractivity (Wildman–Crippen MR) is 61.0 cm³/mol. The van der Waals surface area contributed by atoms with Gasteiger partial charge in [-0.1, -0.05) is 6.92 Å². The smallest absolute Gasteiger partial charge is 0.163 e. The summed E-state index contributed by atoms with van der Waals surface area (Å²) in [5.41, 5.74) is 0.653. The summed E-state index contributed by atoms with van der Waals surface area (Å²) in [6.07, 6.45) is 3.11. The number of pyridine rings is 1. The molecule has 1 aromatic rings. The minimum atomic E-state index is -0.609. The van der Waals surface area contributed by atoms with Crippen LogP contribution in [0.1, 0.15) is 25.5 Å². The number of hydrogen-bond donors (Lipinski definition) is 1. The van der Waals surface area contributed by atoms with Crippen LogP contribution in [0.15, 0.2) is 18.3 Å². The fraction of sp³-hybridized carbons (Fsp3) is 0.500. The quantitative estimate of drug-likeness (QED) is 0.811. The van der Waals surface area contributed by atoms with Crippen molar-refractivity contribution in [3.05, 3.63) is 24.0 Å². The van der Waals surface area contributed by atoms with Gasteiger partial charge in [-0.05, 0) is 25.0 Å². The first kappa shape index (κ1) is 10.9. The zero-order valence-corrected chi connectivity index (χ0v) is 9.35. The van der Waals surface area contributed by atoms with Gasteiger partial charge in [0.25, 0.3) is 0 Å². The first-order valence-corrected chi connectivity index (χ1v) is 5.51. The topological polar surface area (TPSA) is 60.1 Å². The molecule has 4 nitrogen and oxygen atoms in total. The molecule has 0 unspecified atom stereocenters. The lowest BCUT2D eigenvalue weighted by molar-refractivity contribution is 0.0593. The van der Waals surface area contributed by atoms with Crippen molar-refractivity contribution in [2.75, 3.05) is 18.0 Å². The third kappa shape index (κ3) is 1.86. The van der Waals surface area contributed by atoms with Crippen LogP contribution in [0.5, 0.6) is 0 Å². The van der Waals surface area contributed by atoms with Gasteiger partial charge in [0.2, 0.25) is 0 Å². The molecule has 0 aliphatic carbocycles. The van der Waals surface area contributed by atoms with Crippen LogP contribution < -0.4 is 4.90 Å². The molecule has 0 saturated carbocycles. The zero-order valence-electron chi connectivity index (χ0n) is 9.35. The van der Waals surface area contributed by atoms with Crippen LogP contribution in [0.3, 0.4) is 0 Å². The summed E-state index contributed by atoms with van der Waals surface area (Å²) >= 11 is 0. The second-order valence-corrected chi connectivity index (χ2v) is 4.23. The highest BCUT2D eigenvalue weighted by Gasteiger charge is 2.35. The molecule has 4 heteroatoms. The number of anilines is 1. The molecule has 84 valence electrons. The minimum absolute atomic E-state index is 0.433. The lowest BCUT2D eigenvalue weighted by Gasteiger charge is -2.23. The molecule has 0 aromatic carbocycles. The predicted octanol–water partition coefficient (Wildman–Crippen LogP) is 1.30. The van der Waals surface area contributed by atoms with E-state index in [4.69, 9.17) is 5.26 Å². The van der Waals surface area contributed by atoms with Gasteiger partial charge in [-0.25, -0.2) is 4.98 Å². The molecule has 1 aromatic heterocycles. The van der Waals surface area contributed by atoms with Crippen LogP contribution in [0.4, 0.5) is 5.69 Å². The van der Waals surface area contributed by atoms with E-state index in [9.17, 15) is 5.11 Å². The Hall–Kier alpha value is -1.60. The normalized spacial score (nSPS) is 24.4. The van der Waals surface area contributed by atoms with Crippen molar-refractivity contribution < 1.29 is 5.11 Å². The Balaban J connectivity index is 2.24. The molecule has 2 heterocycles. The first-order valence-electron chi connectivity index (χ1n) is 5.51. The van der Waals surface area contributed by atoms with Crippen molar-refractivity contribution in [2.24, 2.45) is 0 Å². The molecule has 0 bridgehead atoms. The number of aromatic nitrogens is 1. The van der Waals surface area contributed by atoms with Crippen LogP contribution in [0.25, 0.3) is 0 Å². The van der Waals surface area contributed by atoms with E-state index < -0.39 is 5.60 Å². The number of rotatable bonds is 2. The van der Waals surface area contributed by atoms with E-state index in [0.717, 1.165) is 25.1 Å². The fourth-order valence-corrected chi connectivity index (χ4v) is 2.09. The molecule has 16 heavy (non-hydrogen) atoms.